The molecular formula is C21H19F3N4O2. The molecule has 2 aliphatic heterocycles. The number of fused-ring (bicyclic) bond motifs is 3. The van der Waals surface area contributed by atoms with Crippen LogP contribution in [0, 0.1) is 0 Å². The summed E-state index contributed by atoms with van der Waals surface area (Å²) in [6.45, 7) is 1.79. The van der Waals surface area contributed by atoms with Gasteiger partial charge in [0.15, 0.2) is 0 Å². The fourth-order valence-corrected chi connectivity index (χ4v) is 4.30. The van der Waals surface area contributed by atoms with Crippen molar-refractivity contribution < 1.29 is 22.7 Å². The maximum atomic E-state index is 13.0. The van der Waals surface area contributed by atoms with Crippen LogP contribution in [0.25, 0.3) is 22.4 Å². The molecule has 0 aliphatic carbocycles. The van der Waals surface area contributed by atoms with Crippen LogP contribution in [0.1, 0.15) is 28.8 Å². The number of hydrogen-bond acceptors (Lipinski definition) is 4. The second-order valence-corrected chi connectivity index (χ2v) is 7.56. The molecule has 6 nitrogen and oxygen atoms in total. The minimum Gasteiger partial charge on any atom is -0.496 e. The number of aromatic amines is 1. The van der Waals surface area contributed by atoms with Crippen LogP contribution < -0.4 is 4.74 Å². The largest absolute Gasteiger partial charge is 0.496 e. The molecule has 5 rings (SSSR count). The van der Waals surface area contributed by atoms with Crippen molar-refractivity contribution in [2.45, 2.75) is 25.1 Å². The van der Waals surface area contributed by atoms with E-state index in [1.54, 1.807) is 18.2 Å². The molecular weight excluding hydrogens is 397 g/mol. The summed E-state index contributed by atoms with van der Waals surface area (Å²) in [5.41, 5.74) is 1.03. The molecule has 2 aliphatic rings. The molecule has 30 heavy (non-hydrogen) atoms. The van der Waals surface area contributed by atoms with E-state index in [9.17, 15) is 18.0 Å². The van der Waals surface area contributed by atoms with E-state index in [1.165, 1.54) is 13.2 Å². The highest BCUT2D eigenvalue weighted by atomic mass is 19.4. The lowest BCUT2D eigenvalue weighted by Crippen LogP contribution is -2.38. The van der Waals surface area contributed by atoms with Gasteiger partial charge in [0, 0.05) is 18.7 Å². The minimum atomic E-state index is -4.43. The normalized spacial score (nSPS) is 20.9. The number of carbonyl (C=O) groups is 1. The molecule has 1 N–H and O–H groups in total. The number of imidazole rings is 1. The summed E-state index contributed by atoms with van der Waals surface area (Å²) in [5.74, 6) is 0.738. The first-order valence-corrected chi connectivity index (χ1v) is 9.69. The number of aromatic nitrogens is 2. The number of rotatable bonds is 3. The molecule has 9 heteroatoms. The molecule has 1 aromatic heterocycles. The van der Waals surface area contributed by atoms with Crippen LogP contribution in [0.15, 0.2) is 36.4 Å². The highest BCUT2D eigenvalue weighted by Crippen LogP contribution is 2.35. The number of ether oxygens (including phenoxy) is 1. The van der Waals surface area contributed by atoms with Crippen molar-refractivity contribution in [3.63, 3.8) is 0 Å². The van der Waals surface area contributed by atoms with Crippen LogP contribution in [0.3, 0.4) is 0 Å². The molecule has 3 aromatic rings. The Morgan fingerprint density at radius 2 is 1.93 bits per heavy atom. The summed E-state index contributed by atoms with van der Waals surface area (Å²) in [6, 6.07) is 8.70. The van der Waals surface area contributed by atoms with Gasteiger partial charge in [0.1, 0.15) is 11.6 Å². The third kappa shape index (κ3) is 3.00. The number of hydrazine groups is 1. The maximum absolute atomic E-state index is 13.0. The molecule has 156 valence electrons. The summed E-state index contributed by atoms with van der Waals surface area (Å²) < 4.78 is 44.4. The van der Waals surface area contributed by atoms with Gasteiger partial charge in [-0.2, -0.15) is 13.2 Å². The average molecular weight is 416 g/mol. The van der Waals surface area contributed by atoms with Crippen molar-refractivity contribution in [2.75, 3.05) is 20.2 Å². The van der Waals surface area contributed by atoms with Gasteiger partial charge in [0.05, 0.1) is 35.3 Å². The van der Waals surface area contributed by atoms with Gasteiger partial charge >= 0.3 is 6.18 Å². The van der Waals surface area contributed by atoms with E-state index in [2.05, 4.69) is 15.0 Å². The zero-order valence-corrected chi connectivity index (χ0v) is 16.2. The first-order chi connectivity index (χ1) is 14.3. The van der Waals surface area contributed by atoms with Gasteiger partial charge < -0.3 is 9.72 Å². The first-order valence-electron chi connectivity index (χ1n) is 9.69. The molecule has 2 saturated heterocycles. The molecule has 2 bridgehead atoms. The number of piperidine rings is 1. The van der Waals surface area contributed by atoms with Gasteiger partial charge in [-0.25, -0.2) is 9.99 Å². The highest BCUT2D eigenvalue weighted by Gasteiger charge is 2.41. The van der Waals surface area contributed by atoms with Crippen LogP contribution in [0.4, 0.5) is 13.2 Å². The number of amides is 1. The third-order valence-corrected chi connectivity index (χ3v) is 5.81. The number of hydrogen-bond donors (Lipinski definition) is 1. The van der Waals surface area contributed by atoms with E-state index < -0.39 is 11.7 Å². The Balaban J connectivity index is 1.49. The predicted octanol–water partition coefficient (Wildman–Crippen LogP) is 4.09. The number of nitrogens with one attached hydrogen (secondary N) is 1. The first kappa shape index (κ1) is 18.9. The maximum Gasteiger partial charge on any atom is 0.416 e. The van der Waals surface area contributed by atoms with Crippen molar-refractivity contribution in [1.82, 2.24) is 20.0 Å². The van der Waals surface area contributed by atoms with Gasteiger partial charge in [0.2, 0.25) is 0 Å². The molecule has 2 fully saturated rings. The summed E-state index contributed by atoms with van der Waals surface area (Å²) in [6.07, 6.45) is -2.45. The zero-order valence-electron chi connectivity index (χ0n) is 16.2. The summed E-state index contributed by atoms with van der Waals surface area (Å²) in [4.78, 5) is 20.3. The Morgan fingerprint density at radius 3 is 2.57 bits per heavy atom. The van der Waals surface area contributed by atoms with E-state index in [1.807, 2.05) is 5.01 Å². The van der Waals surface area contributed by atoms with E-state index in [0.29, 0.717) is 28.2 Å². The molecule has 1 amide bonds. The molecule has 0 spiro atoms. The third-order valence-electron chi connectivity index (χ3n) is 5.81. The Labute approximate surface area is 170 Å². The van der Waals surface area contributed by atoms with E-state index >= 15 is 0 Å². The summed E-state index contributed by atoms with van der Waals surface area (Å²) in [7, 11) is 1.49. The van der Waals surface area contributed by atoms with Gasteiger partial charge in [-0.3, -0.25) is 9.80 Å². The van der Waals surface area contributed by atoms with E-state index in [-0.39, 0.29) is 17.5 Å². The SMILES string of the molecule is COc1cc(C(=O)N2C3CCN2CC3)ccc1-c1nc2ccc(C(F)(F)F)cc2[nH]1. The van der Waals surface area contributed by atoms with Gasteiger partial charge in [0.25, 0.3) is 5.91 Å². The standard InChI is InChI=1S/C21H19F3N4O2/c1-30-18-10-12(20(29)28-14-6-8-27(28)9-7-14)2-4-15(18)19-25-16-5-3-13(21(22,23)24)11-17(16)26-19/h2-5,10-11,14H,6-9H2,1H3,(H,25,26). The molecule has 2 aromatic carbocycles. The lowest BCUT2D eigenvalue weighted by molar-refractivity contribution is -0.137. The van der Waals surface area contributed by atoms with Crippen molar-refractivity contribution in [3.8, 4) is 17.1 Å². The lowest BCUT2D eigenvalue weighted by atomic mass is 10.1. The number of halogens is 3. The highest BCUT2D eigenvalue weighted by molar-refractivity contribution is 5.96. The quantitative estimate of drug-likeness (QED) is 0.699. The summed E-state index contributed by atoms with van der Waals surface area (Å²) in [5, 5.41) is 3.90. The molecule has 3 heterocycles. The topological polar surface area (TPSA) is 61.5 Å². The summed E-state index contributed by atoms with van der Waals surface area (Å²) >= 11 is 0. The number of methoxy groups -OCH3 is 1. The van der Waals surface area contributed by atoms with Crippen LogP contribution in [-0.4, -0.2) is 52.1 Å². The predicted molar refractivity (Wildman–Crippen MR) is 104 cm³/mol. The molecule has 0 atom stereocenters. The van der Waals surface area contributed by atoms with E-state index in [4.69, 9.17) is 4.74 Å². The minimum absolute atomic E-state index is 0.0701. The van der Waals surface area contributed by atoms with Crippen LogP contribution >= 0.6 is 0 Å². The zero-order chi connectivity index (χ0) is 21.0. The van der Waals surface area contributed by atoms with Crippen molar-refractivity contribution >= 4 is 16.9 Å². The Hall–Kier alpha value is -3.07. The van der Waals surface area contributed by atoms with Crippen LogP contribution in [0.5, 0.6) is 5.75 Å². The van der Waals surface area contributed by atoms with Gasteiger partial charge in [-0.05, 0) is 49.2 Å². The fourth-order valence-electron chi connectivity index (χ4n) is 4.30. The Bertz CT molecular complexity index is 1120. The fraction of sp³-hybridized carbons (Fsp3) is 0.333. The van der Waals surface area contributed by atoms with Crippen molar-refractivity contribution in [3.05, 3.63) is 47.5 Å². The molecule has 0 radical (unpaired) electrons. The Morgan fingerprint density at radius 1 is 1.17 bits per heavy atom. The number of benzene rings is 2. The van der Waals surface area contributed by atoms with E-state index in [0.717, 1.165) is 38.1 Å². The second kappa shape index (κ2) is 6.73. The lowest BCUT2D eigenvalue weighted by Gasteiger charge is -2.24. The smallest absolute Gasteiger partial charge is 0.416 e. The molecule has 0 unspecified atom stereocenters. The van der Waals surface area contributed by atoms with Gasteiger partial charge in [-0.15, -0.1) is 0 Å². The van der Waals surface area contributed by atoms with Gasteiger partial charge in [-0.1, -0.05) is 0 Å². The number of carbonyl (C=O) groups excluding carboxylic acids is 1. The van der Waals surface area contributed by atoms with Crippen LogP contribution in [-0.2, 0) is 6.18 Å². The number of nitrogens with zero attached hydrogens (tertiary/aromatic N) is 3. The number of alkyl halides is 3. The van der Waals surface area contributed by atoms with Crippen molar-refractivity contribution in [2.24, 2.45) is 0 Å². The van der Waals surface area contributed by atoms with Crippen molar-refractivity contribution in [1.29, 1.82) is 0 Å². The average Bonchev–Trinajstić information content (AvgIpc) is 3.45. The second-order valence-electron chi connectivity index (χ2n) is 7.56. The Kier molecular flexibility index (Phi) is 4.25. The van der Waals surface area contributed by atoms with Crippen LogP contribution in [0.2, 0.25) is 0 Å². The number of H-pyrrole nitrogens is 1. The monoisotopic (exact) mass is 416 g/mol. The molecule has 0 saturated carbocycles.